The number of carboxylic acids is 1. The minimum atomic E-state index is -1.50. The monoisotopic (exact) mass is 373 g/mol. The third-order valence-electron chi connectivity index (χ3n) is 4.73. The van der Waals surface area contributed by atoms with Crippen LogP contribution in [-0.4, -0.2) is 41.2 Å². The molecule has 0 atom stereocenters. The van der Waals surface area contributed by atoms with Gasteiger partial charge >= 0.3 is 5.97 Å². The van der Waals surface area contributed by atoms with E-state index in [0.717, 1.165) is 17.7 Å². The summed E-state index contributed by atoms with van der Waals surface area (Å²) in [7, 11) is 0. The van der Waals surface area contributed by atoms with Gasteiger partial charge in [0.1, 0.15) is 5.82 Å². The van der Waals surface area contributed by atoms with Crippen molar-refractivity contribution in [3.05, 3.63) is 71.8 Å². The Hall–Kier alpha value is -2.73. The lowest BCUT2D eigenvalue weighted by Crippen LogP contribution is -2.53. The van der Waals surface area contributed by atoms with E-state index < -0.39 is 23.2 Å². The first-order chi connectivity index (χ1) is 13.0. The second kappa shape index (κ2) is 8.31. The SMILES string of the molecule is O=C(O)C1(Oc2ccc(F)cc2F)CCN(C/C=C/c2ccccc2)CC1. The first-order valence-electron chi connectivity index (χ1n) is 8.80. The fraction of sp³-hybridized carbons (Fsp3) is 0.286. The van der Waals surface area contributed by atoms with Gasteiger partial charge in [0.15, 0.2) is 11.6 Å². The molecule has 0 aliphatic carbocycles. The van der Waals surface area contributed by atoms with E-state index in [4.69, 9.17) is 4.74 Å². The summed E-state index contributed by atoms with van der Waals surface area (Å²) in [4.78, 5) is 13.9. The molecule has 0 amide bonds. The first kappa shape index (κ1) is 19.0. The average molecular weight is 373 g/mol. The molecule has 142 valence electrons. The van der Waals surface area contributed by atoms with E-state index in [1.54, 1.807) is 0 Å². The summed E-state index contributed by atoms with van der Waals surface area (Å²) in [5.74, 6) is -3.00. The number of benzene rings is 2. The van der Waals surface area contributed by atoms with Crippen LogP contribution in [0, 0.1) is 11.6 Å². The lowest BCUT2D eigenvalue weighted by atomic mass is 9.91. The van der Waals surface area contributed by atoms with Gasteiger partial charge in [0.2, 0.25) is 5.60 Å². The summed E-state index contributed by atoms with van der Waals surface area (Å²) < 4.78 is 32.4. The van der Waals surface area contributed by atoms with E-state index in [0.29, 0.717) is 25.7 Å². The van der Waals surface area contributed by atoms with Crippen molar-refractivity contribution in [2.45, 2.75) is 18.4 Å². The molecule has 1 saturated heterocycles. The third kappa shape index (κ3) is 4.71. The van der Waals surface area contributed by atoms with Gasteiger partial charge in [-0.1, -0.05) is 42.5 Å². The van der Waals surface area contributed by atoms with Crippen LogP contribution in [0.1, 0.15) is 18.4 Å². The lowest BCUT2D eigenvalue weighted by Gasteiger charge is -2.38. The summed E-state index contributed by atoms with van der Waals surface area (Å²) in [6.45, 7) is 1.71. The number of ether oxygens (including phenoxy) is 1. The predicted octanol–water partition coefficient (Wildman–Crippen LogP) is 3.98. The van der Waals surface area contributed by atoms with Crippen LogP contribution >= 0.6 is 0 Å². The summed E-state index contributed by atoms with van der Waals surface area (Å²) in [5.41, 5.74) is -0.400. The Kier molecular flexibility index (Phi) is 5.86. The molecule has 0 radical (unpaired) electrons. The number of hydrogen-bond acceptors (Lipinski definition) is 3. The van der Waals surface area contributed by atoms with E-state index in [1.807, 2.05) is 42.5 Å². The van der Waals surface area contributed by atoms with Gasteiger partial charge < -0.3 is 9.84 Å². The first-order valence-corrected chi connectivity index (χ1v) is 8.80. The van der Waals surface area contributed by atoms with Crippen LogP contribution in [0.3, 0.4) is 0 Å². The van der Waals surface area contributed by atoms with Crippen molar-refractivity contribution in [2.75, 3.05) is 19.6 Å². The van der Waals surface area contributed by atoms with E-state index in [-0.39, 0.29) is 18.6 Å². The van der Waals surface area contributed by atoms with Crippen LogP contribution in [0.4, 0.5) is 8.78 Å². The number of halogens is 2. The molecule has 1 fully saturated rings. The average Bonchev–Trinajstić information content (AvgIpc) is 2.66. The van der Waals surface area contributed by atoms with Crippen molar-refractivity contribution in [3.63, 3.8) is 0 Å². The lowest BCUT2D eigenvalue weighted by molar-refractivity contribution is -0.159. The molecule has 27 heavy (non-hydrogen) atoms. The number of nitrogens with zero attached hydrogens (tertiary/aromatic N) is 1. The highest BCUT2D eigenvalue weighted by atomic mass is 19.1. The van der Waals surface area contributed by atoms with Gasteiger partial charge in [-0.3, -0.25) is 4.90 Å². The molecule has 1 heterocycles. The Balaban J connectivity index is 1.61. The molecule has 0 aromatic heterocycles. The van der Waals surface area contributed by atoms with Gasteiger partial charge in [0.25, 0.3) is 0 Å². The molecular formula is C21H21F2NO3. The molecule has 0 bridgehead atoms. The van der Waals surface area contributed by atoms with E-state index >= 15 is 0 Å². The van der Waals surface area contributed by atoms with Crippen molar-refractivity contribution >= 4 is 12.0 Å². The smallest absolute Gasteiger partial charge is 0.348 e. The minimum absolute atomic E-state index is 0.221. The summed E-state index contributed by atoms with van der Waals surface area (Å²) in [5, 5.41) is 9.65. The predicted molar refractivity (Wildman–Crippen MR) is 98.5 cm³/mol. The van der Waals surface area contributed by atoms with Gasteiger partial charge in [-0.25, -0.2) is 13.6 Å². The molecule has 1 aliphatic rings. The third-order valence-corrected chi connectivity index (χ3v) is 4.73. The standard InChI is InChI=1S/C21H21F2NO3/c22-17-8-9-19(18(23)15-17)27-21(20(25)26)10-13-24(14-11-21)12-4-7-16-5-2-1-3-6-16/h1-9,15H,10-14H2,(H,25,26)/b7-4+. The Morgan fingerprint density at radius 2 is 1.85 bits per heavy atom. The number of carboxylic acid groups (broad SMARTS) is 1. The molecule has 6 heteroatoms. The Bertz CT molecular complexity index is 815. The molecule has 2 aromatic carbocycles. The second-order valence-corrected chi connectivity index (χ2v) is 6.59. The molecule has 2 aromatic rings. The van der Waals surface area contributed by atoms with Crippen LogP contribution < -0.4 is 4.74 Å². The minimum Gasteiger partial charge on any atom is -0.478 e. The van der Waals surface area contributed by atoms with Gasteiger partial charge in [0, 0.05) is 38.5 Å². The van der Waals surface area contributed by atoms with E-state index in [2.05, 4.69) is 4.90 Å². The number of carbonyl (C=O) groups is 1. The number of rotatable bonds is 6. The van der Waals surface area contributed by atoms with Gasteiger partial charge in [-0.15, -0.1) is 0 Å². The number of likely N-dealkylation sites (tertiary alicyclic amines) is 1. The van der Waals surface area contributed by atoms with Crippen LogP contribution in [0.2, 0.25) is 0 Å². The quantitative estimate of drug-likeness (QED) is 0.832. The molecule has 4 nitrogen and oxygen atoms in total. The molecule has 1 aliphatic heterocycles. The van der Waals surface area contributed by atoms with Gasteiger partial charge in [-0.2, -0.15) is 0 Å². The summed E-state index contributed by atoms with van der Waals surface area (Å²) in [6.07, 6.45) is 4.49. The Morgan fingerprint density at radius 1 is 1.15 bits per heavy atom. The van der Waals surface area contributed by atoms with Crippen LogP contribution in [-0.2, 0) is 4.79 Å². The molecule has 0 saturated carbocycles. The highest BCUT2D eigenvalue weighted by molar-refractivity contribution is 5.78. The van der Waals surface area contributed by atoms with E-state index in [9.17, 15) is 18.7 Å². The molecule has 0 spiro atoms. The van der Waals surface area contributed by atoms with Crippen LogP contribution in [0.5, 0.6) is 5.75 Å². The van der Waals surface area contributed by atoms with Crippen LogP contribution in [0.25, 0.3) is 6.08 Å². The summed E-state index contributed by atoms with van der Waals surface area (Å²) in [6, 6.07) is 12.8. The molecule has 1 N–H and O–H groups in total. The van der Waals surface area contributed by atoms with Crippen molar-refractivity contribution in [1.82, 2.24) is 4.90 Å². The van der Waals surface area contributed by atoms with E-state index in [1.165, 1.54) is 0 Å². The molecular weight excluding hydrogens is 352 g/mol. The molecule has 0 unspecified atom stereocenters. The van der Waals surface area contributed by atoms with Crippen LogP contribution in [0.15, 0.2) is 54.6 Å². The highest BCUT2D eigenvalue weighted by Crippen LogP contribution is 2.31. The van der Waals surface area contributed by atoms with Crippen molar-refractivity contribution < 1.29 is 23.4 Å². The maximum Gasteiger partial charge on any atom is 0.348 e. The normalized spacial score (nSPS) is 17.1. The topological polar surface area (TPSA) is 49.8 Å². The highest BCUT2D eigenvalue weighted by Gasteiger charge is 2.44. The summed E-state index contributed by atoms with van der Waals surface area (Å²) >= 11 is 0. The number of aliphatic carboxylic acids is 1. The van der Waals surface area contributed by atoms with Gasteiger partial charge in [-0.05, 0) is 17.7 Å². The Morgan fingerprint density at radius 3 is 2.48 bits per heavy atom. The molecule has 3 rings (SSSR count). The fourth-order valence-corrected chi connectivity index (χ4v) is 3.13. The van der Waals surface area contributed by atoms with Crippen molar-refractivity contribution in [3.8, 4) is 5.75 Å². The zero-order valence-corrected chi connectivity index (χ0v) is 14.8. The number of hydrogen-bond donors (Lipinski definition) is 1. The zero-order chi connectivity index (χ0) is 19.3. The van der Waals surface area contributed by atoms with Crippen molar-refractivity contribution in [1.29, 1.82) is 0 Å². The zero-order valence-electron chi connectivity index (χ0n) is 14.8. The van der Waals surface area contributed by atoms with Crippen molar-refractivity contribution in [2.24, 2.45) is 0 Å². The fourth-order valence-electron chi connectivity index (χ4n) is 3.13. The number of piperidine rings is 1. The largest absolute Gasteiger partial charge is 0.478 e. The second-order valence-electron chi connectivity index (χ2n) is 6.59. The maximum absolute atomic E-state index is 13.9. The Labute approximate surface area is 156 Å². The maximum atomic E-state index is 13.9. The van der Waals surface area contributed by atoms with Gasteiger partial charge in [0.05, 0.1) is 0 Å².